The topological polar surface area (TPSA) is 98.1 Å². The molecule has 2 aromatic heterocycles. The molecule has 0 fully saturated rings. The van der Waals surface area contributed by atoms with Crippen LogP contribution in [0.15, 0.2) is 70.4 Å². The number of methoxy groups -OCH3 is 1. The van der Waals surface area contributed by atoms with Gasteiger partial charge in [0.15, 0.2) is 0 Å². The maximum atomic E-state index is 13.0. The predicted molar refractivity (Wildman–Crippen MR) is 114 cm³/mol. The highest BCUT2D eigenvalue weighted by atomic mass is 16.5. The standard InChI is InChI=1S/C22H20N4O4/c1-25-13-17(20(27)23-15-9-6-10-16(11-15)30-2)18-19(25)21(28)26(22(29)24-18)12-14-7-4-3-5-8-14/h3-11,13H,12H2,1-2H3,(H,23,27)(H,24,29). The van der Waals surface area contributed by atoms with Crippen LogP contribution in [0.1, 0.15) is 15.9 Å². The number of H-pyrrole nitrogens is 1. The van der Waals surface area contributed by atoms with Crippen molar-refractivity contribution >= 4 is 22.6 Å². The monoisotopic (exact) mass is 404 g/mol. The molecule has 0 spiro atoms. The first-order chi connectivity index (χ1) is 14.5. The minimum Gasteiger partial charge on any atom is -0.497 e. The normalized spacial score (nSPS) is 10.9. The molecule has 0 saturated carbocycles. The predicted octanol–water partition coefficient (Wildman–Crippen LogP) is 2.34. The number of aromatic nitrogens is 3. The summed E-state index contributed by atoms with van der Waals surface area (Å²) in [7, 11) is 3.20. The molecule has 0 aliphatic carbocycles. The first kappa shape index (κ1) is 19.3. The fraction of sp³-hybridized carbons (Fsp3) is 0.136. The Morgan fingerprint density at radius 2 is 1.87 bits per heavy atom. The molecule has 0 aliphatic rings. The number of fused-ring (bicyclic) bond motifs is 1. The molecule has 2 N–H and O–H groups in total. The fourth-order valence-electron chi connectivity index (χ4n) is 3.39. The van der Waals surface area contributed by atoms with Crippen molar-refractivity contribution in [2.45, 2.75) is 6.54 Å². The SMILES string of the molecule is COc1cccc(NC(=O)c2cn(C)c3c(=O)n(Cc4ccccc4)c(=O)[nH]c23)c1. The van der Waals surface area contributed by atoms with Crippen molar-refractivity contribution in [1.29, 1.82) is 0 Å². The van der Waals surface area contributed by atoms with Gasteiger partial charge in [-0.2, -0.15) is 0 Å². The minimum absolute atomic E-state index is 0.140. The molecule has 152 valence electrons. The van der Waals surface area contributed by atoms with Gasteiger partial charge < -0.3 is 19.6 Å². The summed E-state index contributed by atoms with van der Waals surface area (Å²) in [6, 6.07) is 16.2. The number of ether oxygens (including phenoxy) is 1. The number of carbonyl (C=O) groups is 1. The van der Waals surface area contributed by atoms with Gasteiger partial charge in [0.2, 0.25) is 0 Å². The van der Waals surface area contributed by atoms with Gasteiger partial charge in [-0.25, -0.2) is 4.79 Å². The van der Waals surface area contributed by atoms with E-state index in [1.165, 1.54) is 13.3 Å². The molecule has 0 bridgehead atoms. The molecule has 2 aromatic carbocycles. The van der Waals surface area contributed by atoms with Crippen molar-refractivity contribution in [3.63, 3.8) is 0 Å². The zero-order chi connectivity index (χ0) is 21.3. The number of nitrogens with one attached hydrogen (secondary N) is 2. The second-order valence-corrected chi connectivity index (χ2v) is 6.87. The van der Waals surface area contributed by atoms with Crippen LogP contribution in [0.5, 0.6) is 5.75 Å². The Bertz CT molecular complexity index is 1350. The van der Waals surface area contributed by atoms with Gasteiger partial charge >= 0.3 is 5.69 Å². The van der Waals surface area contributed by atoms with Gasteiger partial charge in [-0.3, -0.25) is 14.2 Å². The van der Waals surface area contributed by atoms with Crippen LogP contribution in [-0.2, 0) is 13.6 Å². The first-order valence-electron chi connectivity index (χ1n) is 9.29. The molecule has 0 unspecified atom stereocenters. The van der Waals surface area contributed by atoms with Gasteiger partial charge in [-0.05, 0) is 17.7 Å². The van der Waals surface area contributed by atoms with Gasteiger partial charge in [0, 0.05) is 25.0 Å². The fourth-order valence-corrected chi connectivity index (χ4v) is 3.39. The molecule has 1 amide bonds. The number of amides is 1. The van der Waals surface area contributed by atoms with Crippen LogP contribution in [0, 0.1) is 0 Å². The summed E-state index contributed by atoms with van der Waals surface area (Å²) in [4.78, 5) is 41.2. The average Bonchev–Trinajstić information content (AvgIpc) is 3.08. The molecule has 8 heteroatoms. The maximum absolute atomic E-state index is 13.0. The summed E-state index contributed by atoms with van der Waals surface area (Å²) in [6.45, 7) is 0.140. The highest BCUT2D eigenvalue weighted by molar-refractivity contribution is 6.11. The number of benzene rings is 2. The molecule has 8 nitrogen and oxygen atoms in total. The van der Waals surface area contributed by atoms with Gasteiger partial charge in [-0.15, -0.1) is 0 Å². The van der Waals surface area contributed by atoms with E-state index in [1.54, 1.807) is 35.9 Å². The van der Waals surface area contributed by atoms with E-state index >= 15 is 0 Å². The lowest BCUT2D eigenvalue weighted by molar-refractivity contribution is 0.102. The molecule has 4 aromatic rings. The third-order valence-electron chi connectivity index (χ3n) is 4.86. The molecular weight excluding hydrogens is 384 g/mol. The Kier molecular flexibility index (Phi) is 4.97. The quantitative estimate of drug-likeness (QED) is 0.533. The van der Waals surface area contributed by atoms with Crippen molar-refractivity contribution in [3.8, 4) is 5.75 Å². The Labute approximate surface area is 171 Å². The summed E-state index contributed by atoms with van der Waals surface area (Å²) >= 11 is 0. The second-order valence-electron chi connectivity index (χ2n) is 6.87. The number of nitrogens with zero attached hydrogens (tertiary/aromatic N) is 2. The van der Waals surface area contributed by atoms with Crippen molar-refractivity contribution in [2.24, 2.45) is 7.05 Å². The van der Waals surface area contributed by atoms with Crippen LogP contribution in [0.3, 0.4) is 0 Å². The number of carbonyl (C=O) groups excluding carboxylic acids is 1. The number of hydrogen-bond acceptors (Lipinski definition) is 4. The van der Waals surface area contributed by atoms with Gasteiger partial charge in [0.25, 0.3) is 11.5 Å². The van der Waals surface area contributed by atoms with Crippen molar-refractivity contribution in [2.75, 3.05) is 12.4 Å². The Balaban J connectivity index is 1.75. The molecule has 0 radical (unpaired) electrons. The number of rotatable bonds is 5. The van der Waals surface area contributed by atoms with Crippen LogP contribution >= 0.6 is 0 Å². The Morgan fingerprint density at radius 3 is 2.60 bits per heavy atom. The van der Waals surface area contributed by atoms with Crippen molar-refractivity contribution in [1.82, 2.24) is 14.1 Å². The van der Waals surface area contributed by atoms with Crippen LogP contribution in [0.25, 0.3) is 11.0 Å². The lowest BCUT2D eigenvalue weighted by atomic mass is 10.2. The lowest BCUT2D eigenvalue weighted by Crippen LogP contribution is -2.36. The molecule has 30 heavy (non-hydrogen) atoms. The molecule has 4 rings (SSSR count). The van der Waals surface area contributed by atoms with E-state index in [2.05, 4.69) is 10.3 Å². The van der Waals surface area contributed by atoms with Crippen LogP contribution in [-0.4, -0.2) is 27.1 Å². The third kappa shape index (κ3) is 3.50. The van der Waals surface area contributed by atoms with E-state index in [1.807, 2.05) is 30.3 Å². The van der Waals surface area contributed by atoms with Crippen LogP contribution in [0.2, 0.25) is 0 Å². The van der Waals surface area contributed by atoms with Crippen molar-refractivity contribution in [3.05, 3.63) is 92.8 Å². The summed E-state index contributed by atoms with van der Waals surface area (Å²) in [5, 5.41) is 2.77. The molecular formula is C22H20N4O4. The Morgan fingerprint density at radius 1 is 1.10 bits per heavy atom. The molecule has 0 saturated heterocycles. The van der Waals surface area contributed by atoms with E-state index in [0.717, 1.165) is 10.1 Å². The van der Waals surface area contributed by atoms with Crippen molar-refractivity contribution < 1.29 is 9.53 Å². The average molecular weight is 404 g/mol. The highest BCUT2D eigenvalue weighted by Crippen LogP contribution is 2.20. The largest absolute Gasteiger partial charge is 0.497 e. The smallest absolute Gasteiger partial charge is 0.329 e. The zero-order valence-corrected chi connectivity index (χ0v) is 16.5. The van der Waals surface area contributed by atoms with E-state index < -0.39 is 17.2 Å². The van der Waals surface area contributed by atoms with E-state index in [4.69, 9.17) is 4.74 Å². The minimum atomic E-state index is -0.571. The lowest BCUT2D eigenvalue weighted by Gasteiger charge is -2.07. The van der Waals surface area contributed by atoms with E-state index in [9.17, 15) is 14.4 Å². The summed E-state index contributed by atoms with van der Waals surface area (Å²) in [5.74, 6) is 0.160. The number of aromatic amines is 1. The number of aryl methyl sites for hydroxylation is 1. The van der Waals surface area contributed by atoms with E-state index in [0.29, 0.717) is 11.4 Å². The van der Waals surface area contributed by atoms with Gasteiger partial charge in [0.1, 0.15) is 11.3 Å². The second kappa shape index (κ2) is 7.75. The van der Waals surface area contributed by atoms with E-state index in [-0.39, 0.29) is 23.1 Å². The molecule has 2 heterocycles. The summed E-state index contributed by atoms with van der Waals surface area (Å²) in [5.41, 5.74) is 0.999. The Hall–Kier alpha value is -4.07. The number of hydrogen-bond donors (Lipinski definition) is 2. The summed E-state index contributed by atoms with van der Waals surface area (Å²) < 4.78 is 7.84. The zero-order valence-electron chi connectivity index (χ0n) is 16.5. The number of anilines is 1. The van der Waals surface area contributed by atoms with Gasteiger partial charge in [0.05, 0.1) is 24.7 Å². The summed E-state index contributed by atoms with van der Waals surface area (Å²) in [6.07, 6.45) is 1.53. The highest BCUT2D eigenvalue weighted by Gasteiger charge is 2.20. The maximum Gasteiger partial charge on any atom is 0.329 e. The molecule has 0 aliphatic heterocycles. The first-order valence-corrected chi connectivity index (χ1v) is 9.29. The van der Waals surface area contributed by atoms with Crippen LogP contribution < -0.4 is 21.3 Å². The van der Waals surface area contributed by atoms with Gasteiger partial charge in [-0.1, -0.05) is 36.4 Å². The van der Waals surface area contributed by atoms with Crippen LogP contribution in [0.4, 0.5) is 5.69 Å². The third-order valence-corrected chi connectivity index (χ3v) is 4.86. The molecule has 0 atom stereocenters.